The number of carboxylic acid groups (broad SMARTS) is 1. The lowest BCUT2D eigenvalue weighted by Crippen LogP contribution is -2.49. The quantitative estimate of drug-likeness (QED) is 0.401. The van der Waals surface area contributed by atoms with Gasteiger partial charge >= 0.3 is 6.09 Å². The summed E-state index contributed by atoms with van der Waals surface area (Å²) in [6, 6.07) is 5.30. The zero-order valence-electron chi connectivity index (χ0n) is 20.0. The van der Waals surface area contributed by atoms with Crippen LogP contribution in [0, 0.1) is 12.7 Å². The Labute approximate surface area is 205 Å². The number of hydrogen-bond donors (Lipinski definition) is 1. The average molecular weight is 497 g/mol. The van der Waals surface area contributed by atoms with Gasteiger partial charge in [0, 0.05) is 29.2 Å². The van der Waals surface area contributed by atoms with Crippen molar-refractivity contribution in [2.24, 2.45) is 0 Å². The molecule has 1 atom stereocenters. The minimum atomic E-state index is -1.04. The first kappa shape index (κ1) is 23.2. The van der Waals surface area contributed by atoms with Crippen molar-refractivity contribution in [2.75, 3.05) is 13.7 Å². The Bertz CT molecular complexity index is 1480. The summed E-state index contributed by atoms with van der Waals surface area (Å²) in [5.74, 6) is 0.103. The highest BCUT2D eigenvalue weighted by molar-refractivity contribution is 7.22. The SMILES string of the molecule is COc1cnc2c(-c3nc4cc(F)c5c(c4s3)CC(CN(C(=O)O)C(C)(C)C)O5)cc(C)cc2n1. The number of nitrogens with zero attached hydrogens (tertiary/aromatic N) is 4. The molecule has 182 valence electrons. The van der Waals surface area contributed by atoms with Gasteiger partial charge in [0.15, 0.2) is 11.6 Å². The van der Waals surface area contributed by atoms with E-state index in [2.05, 4.69) is 9.97 Å². The molecule has 0 radical (unpaired) electrons. The van der Waals surface area contributed by atoms with Crippen molar-refractivity contribution >= 4 is 38.7 Å². The Hall–Kier alpha value is -3.53. The van der Waals surface area contributed by atoms with Crippen LogP contribution in [-0.2, 0) is 6.42 Å². The number of ether oxygens (including phenoxy) is 2. The van der Waals surface area contributed by atoms with E-state index < -0.39 is 23.6 Å². The zero-order chi connectivity index (χ0) is 25.1. The smallest absolute Gasteiger partial charge is 0.407 e. The fraction of sp³-hybridized carbons (Fsp3) is 0.360. The molecular formula is C25H25FN4O4S. The third kappa shape index (κ3) is 4.12. The molecule has 2 aromatic heterocycles. The number of benzene rings is 2. The molecule has 1 aliphatic rings. The van der Waals surface area contributed by atoms with E-state index in [1.54, 1.807) is 13.3 Å². The molecule has 5 rings (SSSR count). The second-order valence-electron chi connectivity index (χ2n) is 9.63. The summed E-state index contributed by atoms with van der Waals surface area (Å²) >= 11 is 1.44. The first-order chi connectivity index (χ1) is 16.5. The fourth-order valence-electron chi connectivity index (χ4n) is 4.40. The Morgan fingerprint density at radius 3 is 2.74 bits per heavy atom. The van der Waals surface area contributed by atoms with Crippen LogP contribution in [0.15, 0.2) is 24.4 Å². The third-order valence-corrected chi connectivity index (χ3v) is 7.20. The van der Waals surface area contributed by atoms with E-state index >= 15 is 4.39 Å². The van der Waals surface area contributed by atoms with E-state index in [-0.39, 0.29) is 12.3 Å². The molecular weight excluding hydrogens is 471 g/mol. The second kappa shape index (κ2) is 8.30. The van der Waals surface area contributed by atoms with Crippen LogP contribution in [-0.4, -0.2) is 56.3 Å². The number of carbonyl (C=O) groups is 1. The summed E-state index contributed by atoms with van der Waals surface area (Å²) in [5.41, 5.74) is 3.82. The van der Waals surface area contributed by atoms with E-state index in [1.807, 2.05) is 39.8 Å². The number of thiazole rings is 1. The van der Waals surface area contributed by atoms with Crippen LogP contribution in [0.25, 0.3) is 31.8 Å². The maximum absolute atomic E-state index is 15.0. The number of hydrogen-bond acceptors (Lipinski definition) is 7. The van der Waals surface area contributed by atoms with Crippen molar-refractivity contribution in [3.8, 4) is 22.2 Å². The Balaban J connectivity index is 1.56. The molecule has 0 aliphatic carbocycles. The lowest BCUT2D eigenvalue weighted by atomic mass is 10.0. The van der Waals surface area contributed by atoms with Gasteiger partial charge in [-0.1, -0.05) is 0 Å². The van der Waals surface area contributed by atoms with Crippen molar-refractivity contribution in [1.29, 1.82) is 0 Å². The van der Waals surface area contributed by atoms with Crippen LogP contribution < -0.4 is 9.47 Å². The Kier molecular flexibility index (Phi) is 5.51. The summed E-state index contributed by atoms with van der Waals surface area (Å²) in [7, 11) is 1.54. The van der Waals surface area contributed by atoms with Gasteiger partial charge in [-0.05, 0) is 45.4 Å². The lowest BCUT2D eigenvalue weighted by molar-refractivity contribution is 0.0700. The Morgan fingerprint density at radius 2 is 2.06 bits per heavy atom. The van der Waals surface area contributed by atoms with Crippen LogP contribution in [0.5, 0.6) is 11.6 Å². The molecule has 0 bridgehead atoms. The van der Waals surface area contributed by atoms with E-state index in [0.717, 1.165) is 21.4 Å². The molecule has 10 heteroatoms. The van der Waals surface area contributed by atoms with Crippen molar-refractivity contribution < 1.29 is 23.8 Å². The molecule has 0 spiro atoms. The van der Waals surface area contributed by atoms with Crippen LogP contribution in [0.3, 0.4) is 0 Å². The highest BCUT2D eigenvalue weighted by Gasteiger charge is 2.35. The van der Waals surface area contributed by atoms with Gasteiger partial charge in [-0.3, -0.25) is 4.90 Å². The number of aryl methyl sites for hydroxylation is 1. The molecule has 0 saturated carbocycles. The molecule has 35 heavy (non-hydrogen) atoms. The summed E-state index contributed by atoms with van der Waals surface area (Å²) in [6.45, 7) is 7.57. The predicted octanol–water partition coefficient (Wildman–Crippen LogP) is 5.44. The maximum atomic E-state index is 15.0. The second-order valence-corrected chi connectivity index (χ2v) is 10.6. The van der Waals surface area contributed by atoms with E-state index in [1.165, 1.54) is 22.3 Å². The van der Waals surface area contributed by atoms with Gasteiger partial charge in [0.05, 0.1) is 41.1 Å². The molecule has 0 fully saturated rings. The topological polar surface area (TPSA) is 97.7 Å². The number of aromatic nitrogens is 3. The van der Waals surface area contributed by atoms with Crippen molar-refractivity contribution in [1.82, 2.24) is 19.9 Å². The fourth-order valence-corrected chi connectivity index (χ4v) is 5.51. The standard InChI is InChI=1S/C25H25FN4O4S/c1-12-6-14(20-17(7-12)28-19(33-5)10-27-20)23-29-18-9-16(26)21-15(22(18)35-23)8-13(34-21)11-30(24(31)32)25(2,3)4/h6-7,9-10,13H,8,11H2,1-5H3,(H,31,32). The van der Waals surface area contributed by atoms with Gasteiger partial charge in [-0.2, -0.15) is 0 Å². The number of fused-ring (bicyclic) bond motifs is 4. The first-order valence-corrected chi connectivity index (χ1v) is 12.0. The largest absolute Gasteiger partial charge is 0.485 e. The van der Waals surface area contributed by atoms with E-state index in [9.17, 15) is 9.90 Å². The van der Waals surface area contributed by atoms with Crippen LogP contribution in [0.1, 0.15) is 31.9 Å². The zero-order valence-corrected chi connectivity index (χ0v) is 20.9. The van der Waals surface area contributed by atoms with Crippen LogP contribution in [0.2, 0.25) is 0 Å². The molecule has 1 N–H and O–H groups in total. The van der Waals surface area contributed by atoms with Crippen LogP contribution >= 0.6 is 11.3 Å². The number of amides is 1. The molecule has 1 amide bonds. The highest BCUT2D eigenvalue weighted by Crippen LogP contribution is 2.43. The lowest BCUT2D eigenvalue weighted by Gasteiger charge is -2.34. The minimum Gasteiger partial charge on any atom is -0.485 e. The summed E-state index contributed by atoms with van der Waals surface area (Å²) in [6.07, 6.45) is 0.445. The number of methoxy groups -OCH3 is 1. The highest BCUT2D eigenvalue weighted by atomic mass is 32.1. The molecule has 1 unspecified atom stereocenters. The van der Waals surface area contributed by atoms with Gasteiger partial charge in [0.2, 0.25) is 5.88 Å². The number of rotatable bonds is 4. The van der Waals surface area contributed by atoms with Gasteiger partial charge in [0.1, 0.15) is 11.1 Å². The van der Waals surface area contributed by atoms with Gasteiger partial charge in [-0.25, -0.2) is 24.1 Å². The molecule has 4 aromatic rings. The molecule has 1 aliphatic heterocycles. The molecule has 8 nitrogen and oxygen atoms in total. The Morgan fingerprint density at radius 1 is 1.29 bits per heavy atom. The van der Waals surface area contributed by atoms with Gasteiger partial charge in [-0.15, -0.1) is 11.3 Å². The van der Waals surface area contributed by atoms with E-state index in [0.29, 0.717) is 33.9 Å². The van der Waals surface area contributed by atoms with Crippen molar-refractivity contribution in [2.45, 2.75) is 45.8 Å². The maximum Gasteiger partial charge on any atom is 0.407 e. The van der Waals surface area contributed by atoms with Crippen molar-refractivity contribution in [3.05, 3.63) is 41.3 Å². The monoisotopic (exact) mass is 496 g/mol. The van der Waals surface area contributed by atoms with E-state index in [4.69, 9.17) is 14.5 Å². The molecule has 2 aromatic carbocycles. The third-order valence-electron chi connectivity index (χ3n) is 6.03. The minimum absolute atomic E-state index is 0.139. The first-order valence-electron chi connectivity index (χ1n) is 11.2. The normalized spacial score (nSPS) is 15.3. The predicted molar refractivity (Wildman–Crippen MR) is 132 cm³/mol. The summed E-state index contributed by atoms with van der Waals surface area (Å²) in [4.78, 5) is 26.9. The van der Waals surface area contributed by atoms with Crippen molar-refractivity contribution in [3.63, 3.8) is 0 Å². The summed E-state index contributed by atoms with van der Waals surface area (Å²) < 4.78 is 27.0. The van der Waals surface area contributed by atoms with Gasteiger partial charge < -0.3 is 14.6 Å². The number of halogens is 1. The molecule has 3 heterocycles. The average Bonchev–Trinajstić information content (AvgIpc) is 3.40. The molecule has 0 saturated heterocycles. The van der Waals surface area contributed by atoms with Crippen LogP contribution in [0.4, 0.5) is 9.18 Å². The summed E-state index contributed by atoms with van der Waals surface area (Å²) in [5, 5.41) is 10.4. The van der Waals surface area contributed by atoms with Gasteiger partial charge in [0.25, 0.3) is 0 Å².